The molecule has 5 aromatic heterocycles. The van der Waals surface area contributed by atoms with Gasteiger partial charge in [-0.15, -0.1) is 0 Å². The molecule has 42 heavy (non-hydrogen) atoms. The molecule has 5 aromatic rings. The Kier molecular flexibility index (Phi) is 12.8. The van der Waals surface area contributed by atoms with Gasteiger partial charge in [0.25, 0.3) is 0 Å². The molecular formula is C28H28LiN5O8. The zero-order valence-corrected chi connectivity index (χ0v) is 23.3. The van der Waals surface area contributed by atoms with Gasteiger partial charge in [0.2, 0.25) is 0 Å². The Morgan fingerprint density at radius 2 is 1.29 bits per heavy atom. The van der Waals surface area contributed by atoms with Crippen LogP contribution in [0.5, 0.6) is 0 Å². The van der Waals surface area contributed by atoms with Gasteiger partial charge in [-0.25, -0.2) is 24.4 Å². The average molecular weight is 570 g/mol. The minimum atomic E-state index is -0.946. The number of methoxy groups -OCH3 is 1. The van der Waals surface area contributed by atoms with Crippen LogP contribution in [0.25, 0.3) is 28.1 Å². The Labute approximate surface area is 251 Å². The Morgan fingerprint density at radius 1 is 0.810 bits per heavy atom. The Hall–Kier alpha value is -4.80. The number of ether oxygens (including phenoxy) is 1. The van der Waals surface area contributed by atoms with Crippen LogP contribution in [0.1, 0.15) is 42.3 Å². The third-order valence-electron chi connectivity index (χ3n) is 5.94. The van der Waals surface area contributed by atoms with Gasteiger partial charge < -0.3 is 35.0 Å². The van der Waals surface area contributed by atoms with Crippen LogP contribution in [0.15, 0.2) is 67.4 Å². The third-order valence-corrected chi connectivity index (χ3v) is 5.94. The molecule has 0 amide bonds. The van der Waals surface area contributed by atoms with Crippen molar-refractivity contribution in [2.24, 2.45) is 14.1 Å². The van der Waals surface area contributed by atoms with Crippen molar-refractivity contribution in [2.75, 3.05) is 7.11 Å². The third kappa shape index (κ3) is 7.90. The molecule has 1 aliphatic carbocycles. The van der Waals surface area contributed by atoms with Gasteiger partial charge in [-0.05, 0) is 35.9 Å². The molecule has 0 atom stereocenters. The van der Waals surface area contributed by atoms with E-state index >= 15 is 0 Å². The van der Waals surface area contributed by atoms with Gasteiger partial charge >= 0.3 is 36.8 Å². The van der Waals surface area contributed by atoms with E-state index in [1.54, 1.807) is 18.2 Å². The Morgan fingerprint density at radius 3 is 1.81 bits per heavy atom. The number of aromatic nitrogens is 5. The summed E-state index contributed by atoms with van der Waals surface area (Å²) in [7, 11) is 5.14. The molecule has 14 heteroatoms. The molecule has 0 saturated heterocycles. The van der Waals surface area contributed by atoms with Crippen molar-refractivity contribution in [1.29, 1.82) is 0 Å². The summed E-state index contributed by atoms with van der Waals surface area (Å²) >= 11 is 0. The number of aromatic carboxylic acids is 2. The fraction of sp³-hybridized carbons (Fsp3) is 0.143. The molecule has 0 aliphatic heterocycles. The average Bonchev–Trinajstić information content (AvgIpc) is 3.66. The standard InChI is InChI=1S/C10H10N2O2.C9H8N2O2.C9H7NO2.Li.2H2O/c1-12-4-3-7-5-8(10(13)14-2)6-11-9(7)12;1-11-3-2-6-4-7(9(12)13)5-10-8(6)11;11-9(12)7-4-6-2-1-3-8(6)10-5-7;;;/h3-6H,1-2H3;2-5H,1H3,(H,12,13);1-2,4-5H,3H2,(H,11,12);;2*1H2/q;;;+1;;/p-1. The van der Waals surface area contributed by atoms with Crippen LogP contribution in [0.2, 0.25) is 0 Å². The van der Waals surface area contributed by atoms with E-state index in [9.17, 15) is 14.4 Å². The maximum Gasteiger partial charge on any atom is 1.00 e. The van der Waals surface area contributed by atoms with E-state index in [4.69, 9.17) is 10.2 Å². The second-order valence-corrected chi connectivity index (χ2v) is 8.60. The van der Waals surface area contributed by atoms with Crippen LogP contribution in [0.3, 0.4) is 0 Å². The van der Waals surface area contributed by atoms with E-state index in [1.807, 2.05) is 59.9 Å². The second kappa shape index (κ2) is 15.3. The quantitative estimate of drug-likeness (QED) is 0.219. The number of esters is 1. The number of hydrogen-bond donors (Lipinski definition) is 2. The summed E-state index contributed by atoms with van der Waals surface area (Å²) in [6.45, 7) is 0. The maximum atomic E-state index is 11.2. The first-order valence-electron chi connectivity index (χ1n) is 11.7. The molecule has 214 valence electrons. The first-order valence-corrected chi connectivity index (χ1v) is 11.7. The van der Waals surface area contributed by atoms with Crippen molar-refractivity contribution in [3.05, 3.63) is 95.3 Å². The molecule has 0 spiro atoms. The van der Waals surface area contributed by atoms with E-state index in [2.05, 4.69) is 19.7 Å². The molecule has 13 nitrogen and oxygen atoms in total. The van der Waals surface area contributed by atoms with Gasteiger partial charge in [0.05, 0.1) is 29.5 Å². The zero-order valence-electron chi connectivity index (χ0n) is 23.3. The second-order valence-electron chi connectivity index (χ2n) is 8.60. The molecule has 0 radical (unpaired) electrons. The summed E-state index contributed by atoms with van der Waals surface area (Å²) in [5.41, 5.74) is 4.49. The van der Waals surface area contributed by atoms with E-state index in [0.29, 0.717) is 5.56 Å². The van der Waals surface area contributed by atoms with Crippen LogP contribution in [0.4, 0.5) is 0 Å². The van der Waals surface area contributed by atoms with E-state index in [1.165, 1.54) is 25.7 Å². The maximum absolute atomic E-state index is 11.2. The first-order chi connectivity index (χ1) is 18.7. The number of carbonyl (C=O) groups excluding carboxylic acids is 1. The van der Waals surface area contributed by atoms with Gasteiger partial charge in [-0.2, -0.15) is 0 Å². The summed E-state index contributed by atoms with van der Waals surface area (Å²) in [5, 5.41) is 19.1. The minimum Gasteiger partial charge on any atom is -0.870 e. The van der Waals surface area contributed by atoms with Crippen molar-refractivity contribution in [2.45, 2.75) is 6.42 Å². The summed E-state index contributed by atoms with van der Waals surface area (Å²) in [5.74, 6) is -2.23. The SMILES string of the molecule is COC(=O)c1cnc2c(ccn2C)c1.Cn1ccc2cc(C(=O)O)cnc21.O.O=C(O)c1cnc2c(c1)C=CC2.[Li+].[OH-]. The number of carbonyl (C=O) groups is 3. The normalized spacial score (nSPS) is 10.5. The van der Waals surface area contributed by atoms with E-state index in [-0.39, 0.29) is 46.9 Å². The van der Waals surface area contributed by atoms with Gasteiger partial charge in [-0.1, -0.05) is 12.2 Å². The molecule has 1 aliphatic rings. The zero-order chi connectivity index (χ0) is 28.1. The molecule has 0 unspecified atom stereocenters. The van der Waals surface area contributed by atoms with Crippen molar-refractivity contribution in [1.82, 2.24) is 24.1 Å². The number of carboxylic acid groups (broad SMARTS) is 2. The topological polar surface area (TPSA) is 211 Å². The Bertz CT molecular complexity index is 1750. The fourth-order valence-corrected chi connectivity index (χ4v) is 3.90. The molecule has 5 N–H and O–H groups in total. The summed E-state index contributed by atoms with van der Waals surface area (Å²) < 4.78 is 8.35. The van der Waals surface area contributed by atoms with Crippen LogP contribution in [-0.4, -0.2) is 70.3 Å². The predicted molar refractivity (Wildman–Crippen MR) is 149 cm³/mol. The van der Waals surface area contributed by atoms with Crippen molar-refractivity contribution >= 4 is 46.1 Å². The molecule has 0 aromatic carbocycles. The molecule has 0 saturated carbocycles. The molecule has 0 fully saturated rings. The summed E-state index contributed by atoms with van der Waals surface area (Å²) in [6.07, 6.45) is 12.7. The molecule has 6 rings (SSSR count). The summed E-state index contributed by atoms with van der Waals surface area (Å²) in [4.78, 5) is 44.6. The molecular weight excluding hydrogens is 541 g/mol. The summed E-state index contributed by atoms with van der Waals surface area (Å²) in [6, 6.07) is 8.79. The monoisotopic (exact) mass is 569 g/mol. The predicted octanol–water partition coefficient (Wildman–Crippen LogP) is -0.0170. The number of rotatable bonds is 3. The smallest absolute Gasteiger partial charge is 0.870 e. The molecule has 5 heterocycles. The van der Waals surface area contributed by atoms with Gasteiger partial charge in [0.1, 0.15) is 11.3 Å². The van der Waals surface area contributed by atoms with Crippen LogP contribution < -0.4 is 18.9 Å². The van der Waals surface area contributed by atoms with Crippen LogP contribution >= 0.6 is 0 Å². The van der Waals surface area contributed by atoms with E-state index in [0.717, 1.165) is 39.7 Å². The fourth-order valence-electron chi connectivity index (χ4n) is 3.90. The number of nitrogens with zero attached hydrogens (tertiary/aromatic N) is 5. The van der Waals surface area contributed by atoms with Crippen molar-refractivity contribution < 1.29 is 59.1 Å². The number of aryl methyl sites for hydroxylation is 2. The first kappa shape index (κ1) is 35.2. The number of fused-ring (bicyclic) bond motifs is 3. The minimum absolute atomic E-state index is 0. The van der Waals surface area contributed by atoms with Gasteiger partial charge in [-0.3, -0.25) is 4.98 Å². The molecule has 0 bridgehead atoms. The van der Waals surface area contributed by atoms with Crippen LogP contribution in [-0.2, 0) is 25.3 Å². The van der Waals surface area contributed by atoms with Crippen molar-refractivity contribution in [3.8, 4) is 0 Å². The van der Waals surface area contributed by atoms with Crippen LogP contribution in [0, 0.1) is 0 Å². The van der Waals surface area contributed by atoms with Gasteiger partial charge in [0, 0.05) is 62.3 Å². The Balaban J connectivity index is 0.000000305. The largest absolute Gasteiger partial charge is 1.00 e. The number of allylic oxidation sites excluding steroid dienone is 1. The number of carboxylic acids is 2. The van der Waals surface area contributed by atoms with E-state index < -0.39 is 11.9 Å². The van der Waals surface area contributed by atoms with Crippen molar-refractivity contribution in [3.63, 3.8) is 0 Å². The number of pyridine rings is 3. The number of hydrogen-bond acceptors (Lipinski definition) is 8. The van der Waals surface area contributed by atoms with Gasteiger partial charge in [0.15, 0.2) is 0 Å².